The first-order valence-corrected chi connectivity index (χ1v) is 9.57. The van der Waals surface area contributed by atoms with Gasteiger partial charge in [-0.2, -0.15) is 5.10 Å². The lowest BCUT2D eigenvalue weighted by molar-refractivity contribution is 0.0952. The van der Waals surface area contributed by atoms with Crippen LogP contribution in [0.15, 0.2) is 30.5 Å². The number of nitrogens with one attached hydrogen (secondary N) is 1. The number of carbonyl (C=O) groups excluding carboxylic acids is 1. The van der Waals surface area contributed by atoms with E-state index in [1.54, 1.807) is 4.68 Å². The minimum Gasteiger partial charge on any atom is -0.346 e. The highest BCUT2D eigenvalue weighted by molar-refractivity contribution is 6.06. The lowest BCUT2D eigenvalue weighted by Gasteiger charge is -2.08. The first kappa shape index (κ1) is 16.9. The highest BCUT2D eigenvalue weighted by Gasteiger charge is 2.28. The van der Waals surface area contributed by atoms with Gasteiger partial charge in [0, 0.05) is 30.6 Å². The van der Waals surface area contributed by atoms with Gasteiger partial charge in [-0.05, 0) is 44.9 Å². The van der Waals surface area contributed by atoms with Crippen molar-refractivity contribution in [2.75, 3.05) is 0 Å². The molecule has 0 unspecified atom stereocenters. The van der Waals surface area contributed by atoms with Crippen molar-refractivity contribution in [3.8, 4) is 0 Å². The molecule has 1 aliphatic rings. The summed E-state index contributed by atoms with van der Waals surface area (Å²) in [6.07, 6.45) is 4.24. The van der Waals surface area contributed by atoms with Crippen LogP contribution in [-0.4, -0.2) is 30.1 Å². The van der Waals surface area contributed by atoms with Crippen molar-refractivity contribution in [2.24, 2.45) is 7.05 Å². The first-order chi connectivity index (χ1) is 13.5. The molecule has 0 radical (unpaired) electrons. The molecule has 5 rings (SSSR count). The van der Waals surface area contributed by atoms with Crippen LogP contribution in [0.3, 0.4) is 0 Å². The molecular formula is C21H22N6O. The highest BCUT2D eigenvalue weighted by atomic mass is 16.1. The van der Waals surface area contributed by atoms with Gasteiger partial charge in [-0.15, -0.1) is 0 Å². The zero-order chi connectivity index (χ0) is 19.4. The average molecular weight is 374 g/mol. The number of fused-ring (bicyclic) bond motifs is 2. The van der Waals surface area contributed by atoms with Crippen LogP contribution in [0, 0.1) is 13.8 Å². The molecule has 0 bridgehead atoms. The van der Waals surface area contributed by atoms with E-state index in [2.05, 4.69) is 15.4 Å². The van der Waals surface area contributed by atoms with E-state index in [0.29, 0.717) is 18.0 Å². The number of carbonyl (C=O) groups is 1. The smallest absolute Gasteiger partial charge is 0.252 e. The van der Waals surface area contributed by atoms with Gasteiger partial charge in [0.25, 0.3) is 5.91 Å². The zero-order valence-electron chi connectivity index (χ0n) is 16.2. The maximum absolute atomic E-state index is 13.1. The molecule has 0 atom stereocenters. The second-order valence-corrected chi connectivity index (χ2v) is 7.59. The Balaban J connectivity index is 1.47. The minimum atomic E-state index is -0.112. The molecular weight excluding hydrogens is 352 g/mol. The predicted molar refractivity (Wildman–Crippen MR) is 106 cm³/mol. The van der Waals surface area contributed by atoms with Crippen LogP contribution in [0.4, 0.5) is 0 Å². The summed E-state index contributed by atoms with van der Waals surface area (Å²) in [5.74, 6) is 0.353. The fourth-order valence-electron chi connectivity index (χ4n) is 3.78. The van der Waals surface area contributed by atoms with Crippen LogP contribution in [0.5, 0.6) is 0 Å². The van der Waals surface area contributed by atoms with Gasteiger partial charge < -0.3 is 9.72 Å². The summed E-state index contributed by atoms with van der Waals surface area (Å²) in [5, 5.41) is 8.33. The number of aromatic nitrogens is 5. The van der Waals surface area contributed by atoms with E-state index < -0.39 is 0 Å². The molecule has 7 heteroatoms. The number of hydrogen-bond acceptors (Lipinski definition) is 4. The number of nitrogens with zero attached hydrogens (tertiary/aromatic N) is 5. The Bertz CT molecular complexity index is 1230. The van der Waals surface area contributed by atoms with Gasteiger partial charge in [0.1, 0.15) is 5.65 Å². The number of hydrogen-bond donors (Lipinski definition) is 1. The van der Waals surface area contributed by atoms with Crippen molar-refractivity contribution in [3.05, 3.63) is 58.8 Å². The zero-order valence-corrected chi connectivity index (χ0v) is 16.2. The summed E-state index contributed by atoms with van der Waals surface area (Å²) in [7, 11) is 1.87. The van der Waals surface area contributed by atoms with Crippen molar-refractivity contribution in [1.29, 1.82) is 0 Å². The fraction of sp³-hybridized carbons (Fsp3) is 0.333. The molecule has 0 aliphatic heterocycles. The Hall–Kier alpha value is -3.22. The molecule has 1 N–H and O–H groups in total. The van der Waals surface area contributed by atoms with E-state index in [0.717, 1.165) is 52.3 Å². The summed E-state index contributed by atoms with van der Waals surface area (Å²) >= 11 is 0. The van der Waals surface area contributed by atoms with Gasteiger partial charge in [-0.1, -0.05) is 6.07 Å². The summed E-state index contributed by atoms with van der Waals surface area (Å²) in [6, 6.07) is 7.93. The molecule has 1 aliphatic carbocycles. The lowest BCUT2D eigenvalue weighted by Crippen LogP contribution is -2.23. The molecule has 1 fully saturated rings. The first-order valence-electron chi connectivity index (χ1n) is 9.57. The summed E-state index contributed by atoms with van der Waals surface area (Å²) in [5.41, 5.74) is 6.06. The van der Waals surface area contributed by atoms with Gasteiger partial charge in [0.05, 0.1) is 28.9 Å². The number of aryl methyl sites for hydroxylation is 3. The average Bonchev–Trinajstić information content (AvgIpc) is 3.38. The number of pyridine rings is 2. The van der Waals surface area contributed by atoms with Crippen LogP contribution in [-0.2, 0) is 13.6 Å². The van der Waals surface area contributed by atoms with Crippen molar-refractivity contribution < 1.29 is 4.79 Å². The van der Waals surface area contributed by atoms with Crippen molar-refractivity contribution in [3.63, 3.8) is 0 Å². The maximum atomic E-state index is 13.1. The third kappa shape index (κ3) is 2.74. The predicted octanol–water partition coefficient (Wildman–Crippen LogP) is 3.04. The molecule has 4 heterocycles. The molecule has 1 amide bonds. The van der Waals surface area contributed by atoms with Crippen LogP contribution < -0.4 is 5.32 Å². The molecule has 1 saturated carbocycles. The Kier molecular flexibility index (Phi) is 3.72. The molecule has 142 valence electrons. The Morgan fingerprint density at radius 1 is 1.25 bits per heavy atom. The highest BCUT2D eigenvalue weighted by Crippen LogP contribution is 2.40. The van der Waals surface area contributed by atoms with Crippen molar-refractivity contribution in [2.45, 2.75) is 39.2 Å². The Labute approximate surface area is 162 Å². The fourth-order valence-corrected chi connectivity index (χ4v) is 3.78. The normalized spacial score (nSPS) is 14.1. The van der Waals surface area contributed by atoms with Gasteiger partial charge in [-0.3, -0.25) is 9.48 Å². The van der Waals surface area contributed by atoms with Gasteiger partial charge in [-0.25, -0.2) is 9.97 Å². The summed E-state index contributed by atoms with van der Waals surface area (Å²) in [6.45, 7) is 4.33. The second-order valence-electron chi connectivity index (χ2n) is 7.59. The van der Waals surface area contributed by atoms with Crippen LogP contribution >= 0.6 is 0 Å². The second kappa shape index (κ2) is 6.15. The van der Waals surface area contributed by atoms with E-state index in [1.807, 2.05) is 55.8 Å². The number of imidazole rings is 1. The molecule has 4 aromatic heterocycles. The SMILES string of the molecule is Cc1nn(C)c2nc(C3CC3)cc(C(=O)NCc3cn4c(C)cccc4n3)c12. The minimum absolute atomic E-state index is 0.112. The number of amides is 1. The third-order valence-corrected chi connectivity index (χ3v) is 5.40. The van der Waals surface area contributed by atoms with Gasteiger partial charge in [0.2, 0.25) is 0 Å². The lowest BCUT2D eigenvalue weighted by atomic mass is 10.1. The Morgan fingerprint density at radius 3 is 2.82 bits per heavy atom. The van der Waals surface area contributed by atoms with E-state index in [-0.39, 0.29) is 5.91 Å². The third-order valence-electron chi connectivity index (χ3n) is 5.40. The number of rotatable bonds is 4. The van der Waals surface area contributed by atoms with Crippen LogP contribution in [0.25, 0.3) is 16.7 Å². The van der Waals surface area contributed by atoms with E-state index >= 15 is 0 Å². The summed E-state index contributed by atoms with van der Waals surface area (Å²) < 4.78 is 3.79. The molecule has 7 nitrogen and oxygen atoms in total. The van der Waals surface area contributed by atoms with E-state index in [4.69, 9.17) is 4.98 Å². The standard InChI is InChI=1S/C21H22N6O/c1-12-5-4-6-18-23-15(11-27(12)18)10-22-21(28)16-9-17(14-7-8-14)24-20-19(16)13(2)25-26(20)3/h4-6,9,11,14H,7-8,10H2,1-3H3,(H,22,28). The van der Waals surface area contributed by atoms with Crippen LogP contribution in [0.2, 0.25) is 0 Å². The Morgan fingerprint density at radius 2 is 2.07 bits per heavy atom. The van der Waals surface area contributed by atoms with Gasteiger partial charge >= 0.3 is 0 Å². The quantitative estimate of drug-likeness (QED) is 0.596. The molecule has 4 aromatic rings. The largest absolute Gasteiger partial charge is 0.346 e. The van der Waals surface area contributed by atoms with Gasteiger partial charge in [0.15, 0.2) is 5.65 Å². The molecule has 28 heavy (non-hydrogen) atoms. The topological polar surface area (TPSA) is 77.1 Å². The monoisotopic (exact) mass is 374 g/mol. The summed E-state index contributed by atoms with van der Waals surface area (Å²) in [4.78, 5) is 22.4. The van der Waals surface area contributed by atoms with E-state index in [9.17, 15) is 4.79 Å². The maximum Gasteiger partial charge on any atom is 0.252 e. The van der Waals surface area contributed by atoms with E-state index in [1.165, 1.54) is 0 Å². The molecule has 0 saturated heterocycles. The van der Waals surface area contributed by atoms with Crippen LogP contribution in [0.1, 0.15) is 51.9 Å². The van der Waals surface area contributed by atoms with Crippen molar-refractivity contribution in [1.82, 2.24) is 29.5 Å². The van der Waals surface area contributed by atoms with Crippen molar-refractivity contribution >= 4 is 22.6 Å². The molecule has 0 aromatic carbocycles. The molecule has 0 spiro atoms.